The average molecular weight is 501 g/mol. The monoisotopic (exact) mass is 499 g/mol. The molecule has 3 amide bonds. The Hall–Kier alpha value is -1.96. The smallest absolute Gasteiger partial charge is 0.306 e. The molecule has 0 unspecified atom stereocenters. The molecule has 30 heavy (non-hydrogen) atoms. The van der Waals surface area contributed by atoms with Crippen LogP contribution in [0.5, 0.6) is 0 Å². The Kier molecular flexibility index (Phi) is 7.86. The Morgan fingerprint density at radius 2 is 1.67 bits per heavy atom. The molecule has 3 rings (SSSR count). The Morgan fingerprint density at radius 3 is 2.30 bits per heavy atom. The van der Waals surface area contributed by atoms with Gasteiger partial charge in [0.1, 0.15) is 0 Å². The summed E-state index contributed by atoms with van der Waals surface area (Å²) in [7, 11) is 0. The number of halogens is 4. The first-order chi connectivity index (χ1) is 14.3. The zero-order chi connectivity index (χ0) is 21.7. The molecule has 0 saturated carbocycles. The first-order valence-corrected chi connectivity index (χ1v) is 10.9. The number of imide groups is 1. The van der Waals surface area contributed by atoms with Crippen molar-refractivity contribution >= 4 is 75.8 Å². The highest BCUT2D eigenvalue weighted by atomic mass is 35.5. The van der Waals surface area contributed by atoms with Gasteiger partial charge in [0.2, 0.25) is 0 Å². The molecule has 0 aliphatic rings. The van der Waals surface area contributed by atoms with Gasteiger partial charge in [-0.3, -0.25) is 10.1 Å². The predicted molar refractivity (Wildman–Crippen MR) is 123 cm³/mol. The molecule has 3 aromatic rings. The summed E-state index contributed by atoms with van der Waals surface area (Å²) in [6.45, 7) is 0. The number of thioether (sulfide) groups is 1. The molecule has 0 aliphatic carbocycles. The van der Waals surface area contributed by atoms with E-state index >= 15 is 0 Å². The second-order valence-corrected chi connectivity index (χ2v) is 8.57. The molecule has 5 nitrogen and oxygen atoms in total. The third-order valence-electron chi connectivity index (χ3n) is 3.80. The summed E-state index contributed by atoms with van der Waals surface area (Å²) in [4.78, 5) is 28.6. The molecule has 0 spiro atoms. The fourth-order valence-electron chi connectivity index (χ4n) is 2.37. The van der Waals surface area contributed by atoms with Crippen LogP contribution in [0.3, 0.4) is 0 Å². The van der Waals surface area contributed by atoms with Crippen molar-refractivity contribution < 1.29 is 9.59 Å². The molecular formula is C20H13Cl4N3O2S. The van der Waals surface area contributed by atoms with Gasteiger partial charge in [-0.25, -0.2) is 9.78 Å². The quantitative estimate of drug-likeness (QED) is 0.372. The van der Waals surface area contributed by atoms with E-state index in [1.807, 2.05) is 6.07 Å². The minimum Gasteiger partial charge on any atom is -0.306 e. The number of rotatable bonds is 5. The summed E-state index contributed by atoms with van der Waals surface area (Å²) < 4.78 is 0. The number of nitrogens with zero attached hydrogens (tertiary/aromatic N) is 1. The van der Waals surface area contributed by atoms with E-state index < -0.39 is 11.9 Å². The van der Waals surface area contributed by atoms with Gasteiger partial charge >= 0.3 is 6.03 Å². The van der Waals surface area contributed by atoms with Crippen molar-refractivity contribution in [2.24, 2.45) is 0 Å². The normalized spacial score (nSPS) is 10.5. The van der Waals surface area contributed by atoms with Crippen LogP contribution in [0.4, 0.5) is 10.5 Å². The lowest BCUT2D eigenvalue weighted by molar-refractivity contribution is 0.0967. The van der Waals surface area contributed by atoms with Gasteiger partial charge in [0.05, 0.1) is 32.5 Å². The molecule has 0 atom stereocenters. The second kappa shape index (κ2) is 10.4. The number of amides is 3. The SMILES string of the molecule is O=C(NC(=O)c1c(Cl)cccc1Cl)Nc1ccc(SCc2ccc(Cl)cc2Cl)nc1. The number of carbonyl (C=O) groups excluding carboxylic acids is 2. The standard InChI is InChI=1S/C20H13Cl4N3O2S/c21-12-5-4-11(16(24)8-12)10-30-17-7-6-13(9-25-17)26-20(29)27-19(28)18-14(22)2-1-3-15(18)23/h1-9H,10H2,(H2,26,27,28,29). The van der Waals surface area contributed by atoms with Crippen LogP contribution in [0.15, 0.2) is 59.8 Å². The van der Waals surface area contributed by atoms with E-state index in [1.165, 1.54) is 30.1 Å². The van der Waals surface area contributed by atoms with Gasteiger partial charge in [-0.1, -0.05) is 58.5 Å². The zero-order valence-corrected chi connectivity index (χ0v) is 18.9. The number of pyridine rings is 1. The van der Waals surface area contributed by atoms with Gasteiger partial charge in [0.25, 0.3) is 5.91 Å². The fourth-order valence-corrected chi connectivity index (χ4v) is 4.34. The number of carbonyl (C=O) groups is 2. The van der Waals surface area contributed by atoms with Crippen LogP contribution >= 0.6 is 58.2 Å². The van der Waals surface area contributed by atoms with Crippen LogP contribution in [0.25, 0.3) is 0 Å². The van der Waals surface area contributed by atoms with E-state index in [9.17, 15) is 9.59 Å². The number of aromatic nitrogens is 1. The van der Waals surface area contributed by atoms with E-state index in [2.05, 4.69) is 15.6 Å². The molecule has 0 saturated heterocycles. The minimum atomic E-state index is -0.730. The maximum Gasteiger partial charge on any atom is 0.326 e. The van der Waals surface area contributed by atoms with Crippen LogP contribution in [0.2, 0.25) is 20.1 Å². The Balaban J connectivity index is 1.56. The van der Waals surface area contributed by atoms with Crippen molar-refractivity contribution in [2.45, 2.75) is 10.8 Å². The largest absolute Gasteiger partial charge is 0.326 e. The number of hydrogen-bond donors (Lipinski definition) is 2. The third kappa shape index (κ3) is 6.03. The summed E-state index contributed by atoms with van der Waals surface area (Å²) in [6.07, 6.45) is 1.48. The topological polar surface area (TPSA) is 71.1 Å². The highest BCUT2D eigenvalue weighted by Gasteiger charge is 2.17. The van der Waals surface area contributed by atoms with Crippen LogP contribution in [0, 0.1) is 0 Å². The van der Waals surface area contributed by atoms with Crippen LogP contribution in [-0.4, -0.2) is 16.9 Å². The van der Waals surface area contributed by atoms with Gasteiger partial charge in [-0.05, 0) is 42.0 Å². The van der Waals surface area contributed by atoms with E-state index in [0.717, 1.165) is 10.6 Å². The molecule has 154 valence electrons. The van der Waals surface area contributed by atoms with Crippen molar-refractivity contribution in [2.75, 3.05) is 5.32 Å². The Bertz CT molecular complexity index is 1070. The Labute approximate surface area is 197 Å². The number of nitrogens with one attached hydrogen (secondary N) is 2. The summed E-state index contributed by atoms with van der Waals surface area (Å²) >= 11 is 25.5. The van der Waals surface area contributed by atoms with Crippen molar-refractivity contribution in [3.8, 4) is 0 Å². The van der Waals surface area contributed by atoms with Gasteiger partial charge in [-0.2, -0.15) is 0 Å². The average Bonchev–Trinajstić information content (AvgIpc) is 2.68. The van der Waals surface area contributed by atoms with Gasteiger partial charge in [0, 0.05) is 15.8 Å². The molecule has 0 bridgehead atoms. The van der Waals surface area contributed by atoms with E-state index in [-0.39, 0.29) is 15.6 Å². The number of anilines is 1. The lowest BCUT2D eigenvalue weighted by atomic mass is 10.2. The molecule has 2 aromatic carbocycles. The lowest BCUT2D eigenvalue weighted by Gasteiger charge is -2.09. The predicted octanol–water partition coefficient (Wildman–Crippen LogP) is 6.95. The van der Waals surface area contributed by atoms with Crippen LogP contribution in [0.1, 0.15) is 15.9 Å². The molecular weight excluding hydrogens is 488 g/mol. The minimum absolute atomic E-state index is 0.0294. The number of urea groups is 1. The summed E-state index contributed by atoms with van der Waals surface area (Å²) in [5.74, 6) is -0.0910. The maximum atomic E-state index is 12.2. The van der Waals surface area contributed by atoms with E-state index in [4.69, 9.17) is 46.4 Å². The van der Waals surface area contributed by atoms with Gasteiger partial charge < -0.3 is 5.32 Å². The number of benzene rings is 2. The molecule has 0 radical (unpaired) electrons. The third-order valence-corrected chi connectivity index (χ3v) is 6.01. The molecule has 2 N–H and O–H groups in total. The Morgan fingerprint density at radius 1 is 0.933 bits per heavy atom. The van der Waals surface area contributed by atoms with E-state index in [1.54, 1.807) is 30.3 Å². The van der Waals surface area contributed by atoms with Crippen molar-refractivity contribution in [1.29, 1.82) is 0 Å². The molecule has 10 heteroatoms. The highest BCUT2D eigenvalue weighted by molar-refractivity contribution is 7.98. The lowest BCUT2D eigenvalue weighted by Crippen LogP contribution is -2.34. The summed E-state index contributed by atoms with van der Waals surface area (Å²) in [5, 5.41) is 6.93. The van der Waals surface area contributed by atoms with Crippen LogP contribution < -0.4 is 10.6 Å². The first-order valence-electron chi connectivity index (χ1n) is 8.42. The van der Waals surface area contributed by atoms with Crippen molar-refractivity contribution in [3.63, 3.8) is 0 Å². The van der Waals surface area contributed by atoms with Gasteiger partial charge in [0.15, 0.2) is 0 Å². The molecule has 1 heterocycles. The summed E-state index contributed by atoms with van der Waals surface area (Å²) in [5.41, 5.74) is 1.38. The fraction of sp³-hybridized carbons (Fsp3) is 0.0500. The second-order valence-electron chi connectivity index (χ2n) is 5.91. The van der Waals surface area contributed by atoms with Crippen molar-refractivity contribution in [1.82, 2.24) is 10.3 Å². The molecule has 1 aromatic heterocycles. The molecule has 0 fully saturated rings. The number of hydrogen-bond acceptors (Lipinski definition) is 4. The van der Waals surface area contributed by atoms with Crippen molar-refractivity contribution in [3.05, 3.63) is 85.9 Å². The maximum absolute atomic E-state index is 12.2. The summed E-state index contributed by atoms with van der Waals surface area (Å²) in [6, 6.07) is 12.6. The highest BCUT2D eigenvalue weighted by Crippen LogP contribution is 2.28. The van der Waals surface area contributed by atoms with Gasteiger partial charge in [-0.15, -0.1) is 11.8 Å². The first kappa shape index (κ1) is 22.7. The molecule has 0 aliphatic heterocycles. The van der Waals surface area contributed by atoms with Crippen LogP contribution in [-0.2, 0) is 5.75 Å². The van der Waals surface area contributed by atoms with E-state index in [0.29, 0.717) is 21.5 Å². The zero-order valence-electron chi connectivity index (χ0n) is 15.1.